The van der Waals surface area contributed by atoms with Gasteiger partial charge in [0.15, 0.2) is 0 Å². The maximum Gasteiger partial charge on any atom is 0.103 e. The topological polar surface area (TPSA) is 30.5 Å². The molecule has 0 radical (unpaired) electrons. The lowest BCUT2D eigenvalue weighted by atomic mass is 10.2. The Hall–Kier alpha value is -1.22. The van der Waals surface area contributed by atoms with E-state index in [4.69, 9.17) is 9.57 Å². The fourth-order valence-corrected chi connectivity index (χ4v) is 1.44. The van der Waals surface area contributed by atoms with Crippen molar-refractivity contribution in [3.63, 3.8) is 0 Å². The first-order valence-corrected chi connectivity index (χ1v) is 5.63. The first kappa shape index (κ1) is 12.8. The Morgan fingerprint density at radius 2 is 2.19 bits per heavy atom. The molecule has 1 aliphatic carbocycles. The quantitative estimate of drug-likeness (QED) is 0.727. The molecule has 0 spiro atoms. The highest BCUT2D eigenvalue weighted by molar-refractivity contribution is 5.33. The van der Waals surface area contributed by atoms with Crippen LogP contribution in [-0.2, 0) is 9.57 Å². The Bertz CT molecular complexity index is 314. The predicted molar refractivity (Wildman–Crippen MR) is 65.5 cm³/mol. The average Bonchev–Trinajstić information content (AvgIpc) is 2.38. The van der Waals surface area contributed by atoms with E-state index in [1.165, 1.54) is 0 Å². The lowest BCUT2D eigenvalue weighted by Gasteiger charge is -2.12. The molecule has 90 valence electrons. The number of hydrogen-bond acceptors (Lipinski definition) is 3. The maximum atomic E-state index is 5.78. The summed E-state index contributed by atoms with van der Waals surface area (Å²) in [6, 6.07) is 0. The van der Waals surface area contributed by atoms with Crippen molar-refractivity contribution >= 4 is 0 Å². The molecule has 3 heteroatoms. The van der Waals surface area contributed by atoms with Crippen molar-refractivity contribution in [2.45, 2.75) is 27.2 Å². The van der Waals surface area contributed by atoms with E-state index in [9.17, 15) is 0 Å². The van der Waals surface area contributed by atoms with E-state index >= 15 is 0 Å². The number of hydrogen-bond donors (Lipinski definition) is 1. The molecule has 1 rings (SSSR count). The van der Waals surface area contributed by atoms with Crippen LogP contribution in [-0.4, -0.2) is 13.7 Å². The van der Waals surface area contributed by atoms with E-state index in [2.05, 4.69) is 32.3 Å². The number of allylic oxidation sites excluding steroid dienone is 4. The number of ether oxygens (including phenoxy) is 1. The lowest BCUT2D eigenvalue weighted by molar-refractivity contribution is 0.121. The second-order valence-electron chi connectivity index (χ2n) is 4.32. The molecule has 3 nitrogen and oxygen atoms in total. The van der Waals surface area contributed by atoms with Crippen LogP contribution in [0.2, 0.25) is 0 Å². The van der Waals surface area contributed by atoms with Gasteiger partial charge in [-0.1, -0.05) is 19.9 Å². The zero-order valence-electron chi connectivity index (χ0n) is 10.5. The van der Waals surface area contributed by atoms with Crippen LogP contribution < -0.4 is 5.48 Å². The molecule has 0 saturated carbocycles. The third-order valence-electron chi connectivity index (χ3n) is 2.22. The first-order valence-electron chi connectivity index (χ1n) is 5.63. The van der Waals surface area contributed by atoms with E-state index in [0.29, 0.717) is 5.92 Å². The molecule has 0 unspecified atom stereocenters. The summed E-state index contributed by atoms with van der Waals surface area (Å²) in [6.07, 6.45) is 6.94. The van der Waals surface area contributed by atoms with Gasteiger partial charge in [-0.15, -0.1) is 0 Å². The predicted octanol–water partition coefficient (Wildman–Crippen LogP) is 2.93. The summed E-state index contributed by atoms with van der Waals surface area (Å²) in [5.41, 5.74) is 4.92. The van der Waals surface area contributed by atoms with E-state index < -0.39 is 0 Å². The molecule has 0 amide bonds. The molecule has 0 heterocycles. The number of rotatable bonds is 5. The third kappa shape index (κ3) is 4.11. The standard InChI is InChI=1S/C13H21NO2/c1-10(2)9-16-13-7-5-6-12(14-15-4)8-11(13)3/h5-6,8,10,14H,7,9H2,1-4H3. The Morgan fingerprint density at radius 1 is 1.44 bits per heavy atom. The zero-order valence-corrected chi connectivity index (χ0v) is 10.5. The van der Waals surface area contributed by atoms with E-state index in [1.54, 1.807) is 7.11 Å². The number of hydroxylamine groups is 1. The summed E-state index contributed by atoms with van der Waals surface area (Å²) in [5, 5.41) is 0. The van der Waals surface area contributed by atoms with Crippen molar-refractivity contribution < 1.29 is 9.57 Å². The van der Waals surface area contributed by atoms with Gasteiger partial charge in [0.1, 0.15) is 5.76 Å². The fraction of sp³-hybridized carbons (Fsp3) is 0.538. The van der Waals surface area contributed by atoms with Crippen LogP contribution in [0.5, 0.6) is 0 Å². The Balaban J connectivity index is 2.69. The Kier molecular flexibility index (Phi) is 5.12. The summed E-state index contributed by atoms with van der Waals surface area (Å²) < 4.78 is 5.78. The monoisotopic (exact) mass is 223 g/mol. The second-order valence-corrected chi connectivity index (χ2v) is 4.32. The molecule has 1 N–H and O–H groups in total. The van der Waals surface area contributed by atoms with Crippen LogP contribution in [0.1, 0.15) is 27.2 Å². The summed E-state index contributed by atoms with van der Waals surface area (Å²) in [7, 11) is 1.61. The maximum absolute atomic E-state index is 5.78. The van der Waals surface area contributed by atoms with E-state index in [1.807, 2.05) is 12.2 Å². The molecule has 0 bridgehead atoms. The molecule has 0 atom stereocenters. The van der Waals surface area contributed by atoms with Gasteiger partial charge in [-0.2, -0.15) is 0 Å². The smallest absolute Gasteiger partial charge is 0.103 e. The summed E-state index contributed by atoms with van der Waals surface area (Å²) in [6.45, 7) is 7.12. The number of nitrogens with one attached hydrogen (secondary N) is 1. The van der Waals surface area contributed by atoms with Gasteiger partial charge in [0.05, 0.1) is 19.4 Å². The molecule has 0 fully saturated rings. The summed E-state index contributed by atoms with van der Waals surface area (Å²) in [5.74, 6) is 1.59. The average molecular weight is 223 g/mol. The Morgan fingerprint density at radius 3 is 2.81 bits per heavy atom. The van der Waals surface area contributed by atoms with Gasteiger partial charge in [0.2, 0.25) is 0 Å². The highest BCUT2D eigenvalue weighted by Crippen LogP contribution is 2.18. The molecular formula is C13H21NO2. The van der Waals surface area contributed by atoms with Gasteiger partial charge < -0.3 is 4.74 Å². The van der Waals surface area contributed by atoms with Crippen LogP contribution in [0.15, 0.2) is 35.3 Å². The normalized spacial score (nSPS) is 16.2. The zero-order chi connectivity index (χ0) is 12.0. The van der Waals surface area contributed by atoms with Crippen molar-refractivity contribution in [3.05, 3.63) is 35.3 Å². The largest absolute Gasteiger partial charge is 0.497 e. The van der Waals surface area contributed by atoms with Gasteiger partial charge in [0.25, 0.3) is 0 Å². The van der Waals surface area contributed by atoms with E-state index in [-0.39, 0.29) is 0 Å². The molecule has 16 heavy (non-hydrogen) atoms. The first-order chi connectivity index (χ1) is 7.63. The molecular weight excluding hydrogens is 202 g/mol. The summed E-state index contributed by atoms with van der Waals surface area (Å²) in [4.78, 5) is 4.89. The lowest BCUT2D eigenvalue weighted by Crippen LogP contribution is -2.09. The van der Waals surface area contributed by atoms with Gasteiger partial charge >= 0.3 is 0 Å². The van der Waals surface area contributed by atoms with Gasteiger partial charge in [-0.05, 0) is 30.6 Å². The summed E-state index contributed by atoms with van der Waals surface area (Å²) >= 11 is 0. The van der Waals surface area contributed by atoms with Crippen molar-refractivity contribution in [2.75, 3.05) is 13.7 Å². The molecule has 0 aromatic carbocycles. The van der Waals surface area contributed by atoms with Gasteiger partial charge in [-0.25, -0.2) is 0 Å². The van der Waals surface area contributed by atoms with Gasteiger partial charge in [-0.3, -0.25) is 10.3 Å². The molecule has 0 aliphatic heterocycles. The SMILES string of the molecule is CONC1=CC(C)=C(OCC(C)C)CC=C1. The minimum Gasteiger partial charge on any atom is -0.497 e. The minimum atomic E-state index is 0.549. The molecule has 0 aromatic rings. The van der Waals surface area contributed by atoms with Crippen molar-refractivity contribution in [2.24, 2.45) is 5.92 Å². The van der Waals surface area contributed by atoms with Gasteiger partial charge in [0, 0.05) is 6.42 Å². The Labute approximate surface area is 97.8 Å². The molecule has 0 saturated heterocycles. The third-order valence-corrected chi connectivity index (χ3v) is 2.22. The van der Waals surface area contributed by atoms with E-state index in [0.717, 1.165) is 30.1 Å². The van der Waals surface area contributed by atoms with Crippen LogP contribution in [0.25, 0.3) is 0 Å². The van der Waals surface area contributed by atoms with Crippen molar-refractivity contribution in [3.8, 4) is 0 Å². The van der Waals surface area contributed by atoms with Crippen molar-refractivity contribution in [1.82, 2.24) is 5.48 Å². The highest BCUT2D eigenvalue weighted by Gasteiger charge is 2.06. The van der Waals surface area contributed by atoms with Crippen LogP contribution in [0.3, 0.4) is 0 Å². The van der Waals surface area contributed by atoms with Crippen LogP contribution >= 0.6 is 0 Å². The van der Waals surface area contributed by atoms with Crippen molar-refractivity contribution in [1.29, 1.82) is 0 Å². The fourth-order valence-electron chi connectivity index (χ4n) is 1.44. The second kappa shape index (κ2) is 6.38. The van der Waals surface area contributed by atoms with Crippen LogP contribution in [0, 0.1) is 5.92 Å². The minimum absolute atomic E-state index is 0.549. The molecule has 0 aromatic heterocycles. The highest BCUT2D eigenvalue weighted by atomic mass is 16.6. The molecule has 1 aliphatic rings. The van der Waals surface area contributed by atoms with Crippen LogP contribution in [0.4, 0.5) is 0 Å².